The van der Waals surface area contributed by atoms with E-state index >= 15 is 0 Å². The van der Waals surface area contributed by atoms with E-state index < -0.39 is 0 Å². The summed E-state index contributed by atoms with van der Waals surface area (Å²) in [5.74, 6) is 2.59. The van der Waals surface area contributed by atoms with E-state index in [2.05, 4.69) is 14.8 Å². The molecule has 2 heterocycles. The summed E-state index contributed by atoms with van der Waals surface area (Å²) in [7, 11) is 1.65. The van der Waals surface area contributed by atoms with Gasteiger partial charge in [-0.25, -0.2) is 0 Å². The third-order valence-corrected chi connectivity index (χ3v) is 7.52. The Balaban J connectivity index is 1.37. The zero-order chi connectivity index (χ0) is 26.2. The molecule has 1 aliphatic rings. The molecule has 0 aliphatic carbocycles. The molecule has 196 valence electrons. The van der Waals surface area contributed by atoms with E-state index in [0.717, 1.165) is 46.6 Å². The summed E-state index contributed by atoms with van der Waals surface area (Å²) in [5.41, 5.74) is 1.90. The summed E-state index contributed by atoms with van der Waals surface area (Å²) in [6.45, 7) is 5.88. The van der Waals surface area contributed by atoms with Crippen molar-refractivity contribution < 1.29 is 14.3 Å². The first-order valence-electron chi connectivity index (χ1n) is 12.9. The number of para-hydroxylation sites is 1. The summed E-state index contributed by atoms with van der Waals surface area (Å²) in [6, 6.07) is 17.9. The smallest absolute Gasteiger partial charge is 0.222 e. The summed E-state index contributed by atoms with van der Waals surface area (Å²) in [6.07, 6.45) is 2.64. The molecule has 9 heteroatoms. The Labute approximate surface area is 223 Å². The topological polar surface area (TPSA) is 80.6 Å². The highest BCUT2D eigenvalue weighted by Crippen LogP contribution is 2.30. The van der Waals surface area contributed by atoms with E-state index in [1.807, 2.05) is 78.2 Å². The summed E-state index contributed by atoms with van der Waals surface area (Å²) in [5, 5.41) is 9.77. The largest absolute Gasteiger partial charge is 0.497 e. The minimum absolute atomic E-state index is 0.0607. The number of amides is 2. The fraction of sp³-hybridized carbons (Fsp3) is 0.429. The molecule has 1 saturated heterocycles. The van der Waals surface area contributed by atoms with Gasteiger partial charge in [0, 0.05) is 55.5 Å². The van der Waals surface area contributed by atoms with Crippen molar-refractivity contribution in [3.05, 3.63) is 54.6 Å². The first-order chi connectivity index (χ1) is 18.0. The van der Waals surface area contributed by atoms with Gasteiger partial charge < -0.3 is 14.5 Å². The molecule has 0 radical (unpaired) electrons. The maximum atomic E-state index is 12.9. The fourth-order valence-corrected chi connectivity index (χ4v) is 5.47. The Kier molecular flexibility index (Phi) is 9.22. The first-order valence-corrected chi connectivity index (χ1v) is 13.9. The highest BCUT2D eigenvalue weighted by molar-refractivity contribution is 7.99. The van der Waals surface area contributed by atoms with Crippen LogP contribution in [0.3, 0.4) is 0 Å². The number of carbonyl (C=O) groups excluding carboxylic acids is 2. The van der Waals surface area contributed by atoms with E-state index in [4.69, 9.17) is 4.74 Å². The van der Waals surface area contributed by atoms with Crippen molar-refractivity contribution in [2.24, 2.45) is 0 Å². The van der Waals surface area contributed by atoms with Gasteiger partial charge in [-0.1, -0.05) is 49.0 Å². The normalized spacial score (nSPS) is 15.6. The lowest BCUT2D eigenvalue weighted by Gasteiger charge is -2.40. The Morgan fingerprint density at radius 2 is 1.84 bits per heavy atom. The van der Waals surface area contributed by atoms with Crippen LogP contribution in [0.5, 0.6) is 5.75 Å². The van der Waals surface area contributed by atoms with Crippen molar-refractivity contribution >= 4 is 23.6 Å². The van der Waals surface area contributed by atoms with Crippen LogP contribution in [0, 0.1) is 0 Å². The second kappa shape index (κ2) is 12.8. The molecule has 37 heavy (non-hydrogen) atoms. The minimum Gasteiger partial charge on any atom is -0.497 e. The number of carbonyl (C=O) groups is 2. The van der Waals surface area contributed by atoms with Gasteiger partial charge in [-0.15, -0.1) is 10.2 Å². The second-order valence-corrected chi connectivity index (χ2v) is 10.2. The summed E-state index contributed by atoms with van der Waals surface area (Å²) < 4.78 is 7.45. The molecular formula is C28H35N5O3S. The average molecular weight is 522 g/mol. The van der Waals surface area contributed by atoms with Crippen molar-refractivity contribution in [3.63, 3.8) is 0 Å². The first kappa shape index (κ1) is 26.7. The highest BCUT2D eigenvalue weighted by Gasteiger charge is 2.29. The average Bonchev–Trinajstić information content (AvgIpc) is 3.35. The maximum Gasteiger partial charge on any atom is 0.222 e. The summed E-state index contributed by atoms with van der Waals surface area (Å²) in [4.78, 5) is 29.0. The Morgan fingerprint density at radius 3 is 2.57 bits per heavy atom. The number of nitrogens with zero attached hydrogens (tertiary/aromatic N) is 5. The number of methoxy groups -OCH3 is 1. The third-order valence-electron chi connectivity index (χ3n) is 6.51. The van der Waals surface area contributed by atoms with Crippen LogP contribution >= 0.6 is 11.8 Å². The van der Waals surface area contributed by atoms with Gasteiger partial charge in [0.05, 0.1) is 7.11 Å². The minimum atomic E-state index is 0.0607. The van der Waals surface area contributed by atoms with Gasteiger partial charge in [-0.3, -0.25) is 14.2 Å². The molecule has 8 nitrogen and oxygen atoms in total. The molecule has 2 aromatic carbocycles. The van der Waals surface area contributed by atoms with Crippen LogP contribution in [0.15, 0.2) is 59.8 Å². The van der Waals surface area contributed by atoms with E-state index in [1.165, 1.54) is 0 Å². The van der Waals surface area contributed by atoms with E-state index in [0.29, 0.717) is 32.5 Å². The second-order valence-electron chi connectivity index (χ2n) is 9.19. The van der Waals surface area contributed by atoms with Crippen LogP contribution in [0.25, 0.3) is 17.1 Å². The third kappa shape index (κ3) is 6.52. The molecular weight excluding hydrogens is 486 g/mol. The van der Waals surface area contributed by atoms with Gasteiger partial charge in [0.15, 0.2) is 11.0 Å². The van der Waals surface area contributed by atoms with Gasteiger partial charge in [0.1, 0.15) is 5.75 Å². The monoisotopic (exact) mass is 521 g/mol. The molecule has 1 aliphatic heterocycles. The SMILES string of the molecule is CCCC(=O)N1CCN(C(=O)CCCSc2nnc(-c3cccc(OC)c3)n2-c2ccccc2)CC1C. The van der Waals surface area contributed by atoms with Crippen LogP contribution in [-0.2, 0) is 9.59 Å². The highest BCUT2D eigenvalue weighted by atomic mass is 32.2. The van der Waals surface area contributed by atoms with Crippen molar-refractivity contribution in [2.75, 3.05) is 32.5 Å². The molecule has 0 saturated carbocycles. The standard InChI is InChI=1S/C28H35N5O3S/c1-4-10-26(35)32-17-16-31(20-21(32)2)25(34)15-9-18-37-28-30-29-27(22-11-8-14-24(19-22)36-3)33(28)23-12-6-5-7-13-23/h5-8,11-14,19,21H,4,9-10,15-18,20H2,1-3H3. The number of hydrogen-bond acceptors (Lipinski definition) is 6. The van der Waals surface area contributed by atoms with Crippen molar-refractivity contribution in [1.82, 2.24) is 24.6 Å². The summed E-state index contributed by atoms with van der Waals surface area (Å²) >= 11 is 1.60. The molecule has 1 aromatic heterocycles. The number of hydrogen-bond donors (Lipinski definition) is 0. The number of benzene rings is 2. The van der Waals surface area contributed by atoms with Crippen LogP contribution in [-0.4, -0.2) is 74.9 Å². The lowest BCUT2D eigenvalue weighted by Crippen LogP contribution is -2.55. The van der Waals surface area contributed by atoms with Crippen molar-refractivity contribution in [1.29, 1.82) is 0 Å². The lowest BCUT2D eigenvalue weighted by atomic mass is 10.1. The van der Waals surface area contributed by atoms with E-state index in [9.17, 15) is 9.59 Å². The fourth-order valence-electron chi connectivity index (χ4n) is 4.58. The van der Waals surface area contributed by atoms with Crippen LogP contribution in [0.2, 0.25) is 0 Å². The number of ether oxygens (including phenoxy) is 1. The molecule has 1 unspecified atom stereocenters. The quantitative estimate of drug-likeness (QED) is 0.285. The van der Waals surface area contributed by atoms with Crippen LogP contribution < -0.4 is 4.74 Å². The van der Waals surface area contributed by atoms with E-state index in [1.54, 1.807) is 18.9 Å². The Bertz CT molecular complexity index is 1200. The zero-order valence-corrected chi connectivity index (χ0v) is 22.6. The van der Waals surface area contributed by atoms with E-state index in [-0.39, 0.29) is 17.9 Å². The lowest BCUT2D eigenvalue weighted by molar-refractivity contribution is -0.142. The van der Waals surface area contributed by atoms with Gasteiger partial charge >= 0.3 is 0 Å². The molecule has 3 aromatic rings. The van der Waals surface area contributed by atoms with Crippen molar-refractivity contribution in [3.8, 4) is 22.8 Å². The number of rotatable bonds is 10. The Hall–Kier alpha value is -3.33. The van der Waals surface area contributed by atoms with Crippen LogP contribution in [0.1, 0.15) is 39.5 Å². The molecule has 0 N–H and O–H groups in total. The molecule has 0 spiro atoms. The molecule has 1 atom stereocenters. The predicted octanol–water partition coefficient (Wildman–Crippen LogP) is 4.67. The van der Waals surface area contributed by atoms with Gasteiger partial charge in [0.2, 0.25) is 11.8 Å². The molecule has 1 fully saturated rings. The number of thioether (sulfide) groups is 1. The van der Waals surface area contributed by atoms with Gasteiger partial charge in [-0.05, 0) is 44.0 Å². The molecule has 4 rings (SSSR count). The maximum absolute atomic E-state index is 12.9. The molecule has 0 bridgehead atoms. The molecule has 2 amide bonds. The number of piperazine rings is 1. The number of aromatic nitrogens is 3. The van der Waals surface area contributed by atoms with Gasteiger partial charge in [-0.2, -0.15) is 0 Å². The Morgan fingerprint density at radius 1 is 1.03 bits per heavy atom. The zero-order valence-electron chi connectivity index (χ0n) is 21.8. The van der Waals surface area contributed by atoms with Crippen LogP contribution in [0.4, 0.5) is 0 Å². The predicted molar refractivity (Wildman–Crippen MR) is 146 cm³/mol. The van der Waals surface area contributed by atoms with Crippen molar-refractivity contribution in [2.45, 2.75) is 50.7 Å². The van der Waals surface area contributed by atoms with Gasteiger partial charge in [0.25, 0.3) is 0 Å².